The van der Waals surface area contributed by atoms with E-state index in [9.17, 15) is 9.59 Å². The molecule has 0 bridgehead atoms. The summed E-state index contributed by atoms with van der Waals surface area (Å²) in [4.78, 5) is 23.6. The Bertz CT molecular complexity index is 914. The first-order chi connectivity index (χ1) is 12.4. The predicted molar refractivity (Wildman–Crippen MR) is 100 cm³/mol. The van der Waals surface area contributed by atoms with Crippen LogP contribution in [-0.2, 0) is 19.1 Å². The monoisotopic (exact) mass is 370 g/mol. The summed E-state index contributed by atoms with van der Waals surface area (Å²) >= 11 is 6.22. The minimum Gasteiger partial charge on any atom is -0.453 e. The van der Waals surface area contributed by atoms with Crippen molar-refractivity contribution in [1.29, 1.82) is 0 Å². The summed E-state index contributed by atoms with van der Waals surface area (Å²) in [6, 6.07) is 13.0. The van der Waals surface area contributed by atoms with Crippen molar-refractivity contribution in [3.05, 3.63) is 69.7 Å². The van der Waals surface area contributed by atoms with Gasteiger partial charge in [0.25, 0.3) is 0 Å². The SMILES string of the molecule is CCC1=C(OC(C)=O)c2ccc(Cl)cc2C(OC(C)=O)c2ccccc21. The second kappa shape index (κ2) is 7.34. The second-order valence-electron chi connectivity index (χ2n) is 6.06. The molecular weight excluding hydrogens is 352 g/mol. The maximum absolute atomic E-state index is 11.8. The Kier molecular flexibility index (Phi) is 5.14. The normalized spacial score (nSPS) is 15.6. The van der Waals surface area contributed by atoms with Gasteiger partial charge in [0.2, 0.25) is 0 Å². The van der Waals surface area contributed by atoms with E-state index in [1.807, 2.05) is 31.2 Å². The Hall–Kier alpha value is -2.59. The topological polar surface area (TPSA) is 52.6 Å². The van der Waals surface area contributed by atoms with E-state index in [1.54, 1.807) is 18.2 Å². The van der Waals surface area contributed by atoms with Crippen LogP contribution in [0.3, 0.4) is 0 Å². The molecule has 0 aliphatic heterocycles. The van der Waals surface area contributed by atoms with Crippen LogP contribution in [0.4, 0.5) is 0 Å². The number of hydrogen-bond donors (Lipinski definition) is 0. The molecule has 1 atom stereocenters. The van der Waals surface area contributed by atoms with Crippen molar-refractivity contribution in [3.8, 4) is 0 Å². The Morgan fingerprint density at radius 3 is 2.38 bits per heavy atom. The van der Waals surface area contributed by atoms with E-state index in [4.69, 9.17) is 21.1 Å². The molecule has 0 heterocycles. The number of rotatable bonds is 3. The van der Waals surface area contributed by atoms with Gasteiger partial charge < -0.3 is 9.47 Å². The fourth-order valence-corrected chi connectivity index (χ4v) is 3.49. The Balaban J connectivity index is 2.39. The van der Waals surface area contributed by atoms with E-state index in [2.05, 4.69) is 0 Å². The molecule has 2 aromatic carbocycles. The summed E-state index contributed by atoms with van der Waals surface area (Å²) in [7, 11) is 0. The van der Waals surface area contributed by atoms with Gasteiger partial charge in [-0.05, 0) is 30.2 Å². The minimum absolute atomic E-state index is 0.398. The highest BCUT2D eigenvalue weighted by atomic mass is 35.5. The molecule has 5 heteroatoms. The molecule has 3 rings (SSSR count). The minimum atomic E-state index is -0.632. The van der Waals surface area contributed by atoms with Crippen molar-refractivity contribution in [3.63, 3.8) is 0 Å². The average molecular weight is 371 g/mol. The molecule has 4 nitrogen and oxygen atoms in total. The van der Waals surface area contributed by atoms with E-state index < -0.39 is 18.0 Å². The van der Waals surface area contributed by atoms with Crippen molar-refractivity contribution in [2.75, 3.05) is 0 Å². The molecule has 0 saturated carbocycles. The number of allylic oxidation sites excluding steroid dienone is 1. The third-order valence-corrected chi connectivity index (χ3v) is 4.50. The molecule has 0 amide bonds. The first-order valence-corrected chi connectivity index (χ1v) is 8.78. The molecule has 2 aromatic rings. The van der Waals surface area contributed by atoms with E-state index >= 15 is 0 Å². The highest BCUT2D eigenvalue weighted by molar-refractivity contribution is 6.30. The van der Waals surface area contributed by atoms with E-state index in [0.29, 0.717) is 28.3 Å². The maximum atomic E-state index is 11.8. The fourth-order valence-electron chi connectivity index (χ4n) is 3.31. The molecule has 1 aliphatic rings. The van der Waals surface area contributed by atoms with Crippen molar-refractivity contribution >= 4 is 34.9 Å². The van der Waals surface area contributed by atoms with Gasteiger partial charge in [-0.25, -0.2) is 0 Å². The molecule has 0 aromatic heterocycles. The number of halogens is 1. The summed E-state index contributed by atoms with van der Waals surface area (Å²) in [5.74, 6) is -0.325. The molecule has 0 N–H and O–H groups in total. The van der Waals surface area contributed by atoms with Crippen molar-refractivity contribution in [2.45, 2.75) is 33.3 Å². The Morgan fingerprint density at radius 2 is 1.73 bits per heavy atom. The number of benzene rings is 2. The standard InChI is InChI=1S/C21H19ClO4/c1-4-15-16-7-5-6-8-17(16)21(26-13(3)24)19-11-14(22)9-10-18(19)20(15)25-12(2)23/h5-11,21H,4H2,1-3H3. The second-order valence-corrected chi connectivity index (χ2v) is 6.50. The van der Waals surface area contributed by atoms with Gasteiger partial charge >= 0.3 is 11.9 Å². The molecular formula is C21H19ClO4. The number of hydrogen-bond acceptors (Lipinski definition) is 4. The van der Waals surface area contributed by atoms with Crippen LogP contribution in [0.1, 0.15) is 55.5 Å². The molecule has 1 aliphatic carbocycles. The zero-order valence-corrected chi connectivity index (χ0v) is 15.6. The lowest BCUT2D eigenvalue weighted by atomic mass is 9.94. The zero-order valence-electron chi connectivity index (χ0n) is 14.8. The highest BCUT2D eigenvalue weighted by Gasteiger charge is 2.31. The number of esters is 2. The first-order valence-electron chi connectivity index (χ1n) is 8.40. The highest BCUT2D eigenvalue weighted by Crippen LogP contribution is 2.44. The third kappa shape index (κ3) is 3.37. The summed E-state index contributed by atoms with van der Waals surface area (Å²) < 4.78 is 11.3. The van der Waals surface area contributed by atoms with Crippen LogP contribution in [0.25, 0.3) is 11.3 Å². The lowest BCUT2D eigenvalue weighted by Gasteiger charge is -2.20. The van der Waals surface area contributed by atoms with Crippen LogP contribution in [-0.4, -0.2) is 11.9 Å². The lowest BCUT2D eigenvalue weighted by Crippen LogP contribution is -2.12. The quantitative estimate of drug-likeness (QED) is 0.701. The molecule has 0 radical (unpaired) electrons. The zero-order chi connectivity index (χ0) is 18.8. The molecule has 134 valence electrons. The van der Waals surface area contributed by atoms with Crippen LogP contribution in [0.5, 0.6) is 0 Å². The van der Waals surface area contributed by atoms with E-state index in [-0.39, 0.29) is 0 Å². The fraction of sp³-hybridized carbons (Fsp3) is 0.238. The smallest absolute Gasteiger partial charge is 0.308 e. The van der Waals surface area contributed by atoms with E-state index in [0.717, 1.165) is 16.7 Å². The third-order valence-electron chi connectivity index (χ3n) is 4.27. The van der Waals surface area contributed by atoms with Gasteiger partial charge in [0.05, 0.1) is 0 Å². The van der Waals surface area contributed by atoms with Gasteiger partial charge in [0.1, 0.15) is 5.76 Å². The Morgan fingerprint density at radius 1 is 1.00 bits per heavy atom. The molecule has 0 spiro atoms. The summed E-state index contributed by atoms with van der Waals surface area (Å²) in [5.41, 5.74) is 4.01. The van der Waals surface area contributed by atoms with Crippen LogP contribution < -0.4 is 0 Å². The first kappa shape index (κ1) is 18.2. The van der Waals surface area contributed by atoms with Crippen LogP contribution >= 0.6 is 11.6 Å². The molecule has 0 saturated heterocycles. The van der Waals surface area contributed by atoms with Gasteiger partial charge in [-0.15, -0.1) is 0 Å². The average Bonchev–Trinajstić information content (AvgIpc) is 2.68. The predicted octanol–water partition coefficient (Wildman–Crippen LogP) is 5.15. The molecule has 0 fully saturated rings. The maximum Gasteiger partial charge on any atom is 0.308 e. The molecule has 26 heavy (non-hydrogen) atoms. The van der Waals surface area contributed by atoms with Crippen LogP contribution in [0.15, 0.2) is 42.5 Å². The number of ether oxygens (including phenoxy) is 2. The van der Waals surface area contributed by atoms with Gasteiger partial charge in [-0.1, -0.05) is 42.8 Å². The molecule has 1 unspecified atom stereocenters. The van der Waals surface area contributed by atoms with Gasteiger partial charge in [-0.2, -0.15) is 0 Å². The van der Waals surface area contributed by atoms with Gasteiger partial charge in [0.15, 0.2) is 6.10 Å². The lowest BCUT2D eigenvalue weighted by molar-refractivity contribution is -0.144. The van der Waals surface area contributed by atoms with E-state index in [1.165, 1.54) is 13.8 Å². The van der Waals surface area contributed by atoms with Crippen LogP contribution in [0.2, 0.25) is 5.02 Å². The van der Waals surface area contributed by atoms with Gasteiger partial charge in [-0.3, -0.25) is 9.59 Å². The number of fused-ring (bicyclic) bond motifs is 2. The summed E-state index contributed by atoms with van der Waals surface area (Å²) in [6.45, 7) is 4.74. The summed E-state index contributed by atoms with van der Waals surface area (Å²) in [5, 5.41) is 0.514. The number of carbonyl (C=O) groups is 2. The van der Waals surface area contributed by atoms with Crippen molar-refractivity contribution in [1.82, 2.24) is 0 Å². The Labute approximate surface area is 157 Å². The van der Waals surface area contributed by atoms with Crippen molar-refractivity contribution < 1.29 is 19.1 Å². The van der Waals surface area contributed by atoms with Crippen molar-refractivity contribution in [2.24, 2.45) is 0 Å². The number of carbonyl (C=O) groups excluding carboxylic acids is 2. The largest absolute Gasteiger partial charge is 0.453 e. The van der Waals surface area contributed by atoms with Crippen LogP contribution in [0, 0.1) is 0 Å². The summed E-state index contributed by atoms with van der Waals surface area (Å²) in [6.07, 6.45) is 0.0149. The van der Waals surface area contributed by atoms with Gasteiger partial charge in [0, 0.05) is 41.1 Å².